The standard InChI is InChI=1S/C22H26O4/c1-4-20(22(25)17-7-9-18(23)10-8-17)16(3)21(24)13-14-26-19-11-5-15(2)6-12-19/h5-12,20,22-23,25H,3-4,13-14H2,1-2H3. The van der Waals surface area contributed by atoms with Gasteiger partial charge in [-0.05, 0) is 48.7 Å². The van der Waals surface area contributed by atoms with Gasteiger partial charge in [-0.1, -0.05) is 43.3 Å². The minimum atomic E-state index is -0.838. The van der Waals surface area contributed by atoms with E-state index in [1.807, 2.05) is 38.1 Å². The summed E-state index contributed by atoms with van der Waals surface area (Å²) in [5.74, 6) is 0.385. The summed E-state index contributed by atoms with van der Waals surface area (Å²) in [7, 11) is 0. The minimum absolute atomic E-state index is 0.109. The first-order valence-electron chi connectivity index (χ1n) is 8.80. The molecule has 138 valence electrons. The fraction of sp³-hybridized carbons (Fsp3) is 0.318. The number of Topliss-reactive ketones (excluding diaryl/α,β-unsaturated/α-hetero) is 1. The van der Waals surface area contributed by atoms with Crippen molar-refractivity contribution in [2.75, 3.05) is 6.61 Å². The maximum Gasteiger partial charge on any atom is 0.162 e. The first kappa shape index (κ1) is 19.7. The lowest BCUT2D eigenvalue weighted by Gasteiger charge is -2.23. The molecule has 4 heteroatoms. The summed E-state index contributed by atoms with van der Waals surface area (Å²) >= 11 is 0. The van der Waals surface area contributed by atoms with Gasteiger partial charge in [0.2, 0.25) is 0 Å². The van der Waals surface area contributed by atoms with E-state index >= 15 is 0 Å². The average molecular weight is 354 g/mol. The van der Waals surface area contributed by atoms with Crippen molar-refractivity contribution in [3.8, 4) is 11.5 Å². The number of ether oxygens (including phenoxy) is 1. The van der Waals surface area contributed by atoms with Crippen LogP contribution in [-0.2, 0) is 4.79 Å². The van der Waals surface area contributed by atoms with E-state index in [1.54, 1.807) is 12.1 Å². The Morgan fingerprint density at radius 3 is 2.31 bits per heavy atom. The van der Waals surface area contributed by atoms with E-state index < -0.39 is 6.10 Å². The van der Waals surface area contributed by atoms with E-state index in [-0.39, 0.29) is 30.5 Å². The Labute approximate surface area is 154 Å². The first-order chi connectivity index (χ1) is 12.4. The van der Waals surface area contributed by atoms with Gasteiger partial charge >= 0.3 is 0 Å². The van der Waals surface area contributed by atoms with E-state index in [2.05, 4.69) is 6.58 Å². The second-order valence-electron chi connectivity index (χ2n) is 6.41. The van der Waals surface area contributed by atoms with Crippen molar-refractivity contribution in [3.05, 3.63) is 71.8 Å². The Morgan fingerprint density at radius 2 is 1.73 bits per heavy atom. The van der Waals surface area contributed by atoms with E-state index in [1.165, 1.54) is 12.1 Å². The molecule has 0 radical (unpaired) electrons. The van der Waals surface area contributed by atoms with Crippen LogP contribution in [0.3, 0.4) is 0 Å². The molecule has 0 aliphatic rings. The van der Waals surface area contributed by atoms with Crippen LogP contribution in [0.2, 0.25) is 0 Å². The number of phenolic OH excluding ortho intramolecular Hbond substituents is 1. The molecule has 2 unspecified atom stereocenters. The summed E-state index contributed by atoms with van der Waals surface area (Å²) in [4.78, 5) is 12.4. The zero-order valence-electron chi connectivity index (χ0n) is 15.3. The molecule has 2 aromatic rings. The molecule has 0 saturated heterocycles. The van der Waals surface area contributed by atoms with E-state index in [9.17, 15) is 15.0 Å². The highest BCUT2D eigenvalue weighted by molar-refractivity contribution is 5.95. The Hall–Kier alpha value is -2.59. The molecule has 0 spiro atoms. The van der Waals surface area contributed by atoms with Crippen molar-refractivity contribution in [3.63, 3.8) is 0 Å². The number of aliphatic hydroxyl groups excluding tert-OH is 1. The monoisotopic (exact) mass is 354 g/mol. The van der Waals surface area contributed by atoms with Crippen molar-refractivity contribution >= 4 is 5.78 Å². The number of hydrogen-bond acceptors (Lipinski definition) is 4. The van der Waals surface area contributed by atoms with Gasteiger partial charge < -0.3 is 14.9 Å². The maximum atomic E-state index is 12.4. The molecule has 4 nitrogen and oxygen atoms in total. The molecule has 2 rings (SSSR count). The number of phenols is 1. The minimum Gasteiger partial charge on any atom is -0.508 e. The fourth-order valence-corrected chi connectivity index (χ4v) is 2.83. The molecule has 0 aliphatic heterocycles. The van der Waals surface area contributed by atoms with Crippen LogP contribution in [0, 0.1) is 12.8 Å². The number of rotatable bonds is 9. The number of hydrogen-bond donors (Lipinski definition) is 2. The Bertz CT molecular complexity index is 732. The van der Waals surface area contributed by atoms with Gasteiger partial charge in [0.05, 0.1) is 12.7 Å². The Morgan fingerprint density at radius 1 is 1.12 bits per heavy atom. The quantitative estimate of drug-likeness (QED) is 0.657. The van der Waals surface area contributed by atoms with Gasteiger partial charge in [-0.3, -0.25) is 4.79 Å². The average Bonchev–Trinajstić information content (AvgIpc) is 2.64. The van der Waals surface area contributed by atoms with Crippen LogP contribution < -0.4 is 4.74 Å². The summed E-state index contributed by atoms with van der Waals surface area (Å²) in [6.45, 7) is 8.10. The van der Waals surface area contributed by atoms with Gasteiger partial charge in [0, 0.05) is 12.3 Å². The van der Waals surface area contributed by atoms with Crippen LogP contribution in [0.1, 0.15) is 37.0 Å². The van der Waals surface area contributed by atoms with Gasteiger partial charge in [0.15, 0.2) is 5.78 Å². The molecule has 0 aliphatic carbocycles. The molecule has 0 heterocycles. The maximum absolute atomic E-state index is 12.4. The van der Waals surface area contributed by atoms with E-state index in [0.717, 1.165) is 11.3 Å². The van der Waals surface area contributed by atoms with Crippen LogP contribution in [0.15, 0.2) is 60.7 Å². The van der Waals surface area contributed by atoms with Gasteiger partial charge in [-0.15, -0.1) is 0 Å². The molecule has 2 atom stereocenters. The van der Waals surface area contributed by atoms with Crippen LogP contribution in [0.5, 0.6) is 11.5 Å². The van der Waals surface area contributed by atoms with Crippen molar-refractivity contribution in [1.82, 2.24) is 0 Å². The first-order valence-corrected chi connectivity index (χ1v) is 8.80. The van der Waals surface area contributed by atoms with Gasteiger partial charge in [-0.25, -0.2) is 0 Å². The molecule has 2 N–H and O–H groups in total. The normalized spacial score (nSPS) is 13.0. The summed E-state index contributed by atoms with van der Waals surface area (Å²) in [5.41, 5.74) is 2.20. The molecule has 0 amide bonds. The van der Waals surface area contributed by atoms with Crippen molar-refractivity contribution in [2.45, 2.75) is 32.8 Å². The molecular formula is C22H26O4. The third kappa shape index (κ3) is 5.20. The van der Waals surface area contributed by atoms with Crippen molar-refractivity contribution < 1.29 is 19.7 Å². The predicted molar refractivity (Wildman–Crippen MR) is 102 cm³/mol. The zero-order valence-corrected chi connectivity index (χ0v) is 15.3. The number of ketones is 1. The number of aryl methyl sites for hydroxylation is 1. The molecular weight excluding hydrogens is 328 g/mol. The number of aromatic hydroxyl groups is 1. The molecule has 26 heavy (non-hydrogen) atoms. The van der Waals surface area contributed by atoms with E-state index in [0.29, 0.717) is 17.6 Å². The Balaban J connectivity index is 1.92. The third-order valence-corrected chi connectivity index (χ3v) is 4.48. The summed E-state index contributed by atoms with van der Waals surface area (Å²) < 4.78 is 5.60. The van der Waals surface area contributed by atoms with Crippen molar-refractivity contribution in [1.29, 1.82) is 0 Å². The van der Waals surface area contributed by atoms with E-state index in [4.69, 9.17) is 4.74 Å². The second-order valence-corrected chi connectivity index (χ2v) is 6.41. The highest BCUT2D eigenvalue weighted by Gasteiger charge is 2.25. The van der Waals surface area contributed by atoms with Crippen molar-refractivity contribution in [2.24, 2.45) is 5.92 Å². The molecule has 0 bridgehead atoms. The van der Waals surface area contributed by atoms with Crippen LogP contribution >= 0.6 is 0 Å². The highest BCUT2D eigenvalue weighted by atomic mass is 16.5. The number of benzene rings is 2. The van der Waals surface area contributed by atoms with Crippen LogP contribution in [0.4, 0.5) is 0 Å². The lowest BCUT2D eigenvalue weighted by Crippen LogP contribution is -2.20. The van der Waals surface area contributed by atoms with Gasteiger partial charge in [-0.2, -0.15) is 0 Å². The van der Waals surface area contributed by atoms with Crippen LogP contribution in [-0.4, -0.2) is 22.6 Å². The highest BCUT2D eigenvalue weighted by Crippen LogP contribution is 2.31. The lowest BCUT2D eigenvalue weighted by molar-refractivity contribution is -0.117. The lowest BCUT2D eigenvalue weighted by atomic mass is 9.85. The van der Waals surface area contributed by atoms with Gasteiger partial charge in [0.25, 0.3) is 0 Å². The fourth-order valence-electron chi connectivity index (χ4n) is 2.83. The largest absolute Gasteiger partial charge is 0.508 e. The number of aliphatic hydroxyl groups is 1. The number of carbonyl (C=O) groups excluding carboxylic acids is 1. The number of carbonyl (C=O) groups is 1. The summed E-state index contributed by atoms with van der Waals surface area (Å²) in [6.07, 6.45) is -0.0354. The summed E-state index contributed by atoms with van der Waals surface area (Å²) in [6, 6.07) is 14.0. The molecule has 0 fully saturated rings. The molecule has 0 aromatic heterocycles. The predicted octanol–water partition coefficient (Wildman–Crippen LogP) is 4.35. The summed E-state index contributed by atoms with van der Waals surface area (Å²) in [5, 5.41) is 20.0. The van der Waals surface area contributed by atoms with Crippen LogP contribution in [0.25, 0.3) is 0 Å². The molecule has 0 saturated carbocycles. The topological polar surface area (TPSA) is 66.8 Å². The SMILES string of the molecule is C=C(C(=O)CCOc1ccc(C)cc1)C(CC)C(O)c1ccc(O)cc1. The van der Waals surface area contributed by atoms with Gasteiger partial charge in [0.1, 0.15) is 11.5 Å². The third-order valence-electron chi connectivity index (χ3n) is 4.48. The molecule has 2 aromatic carbocycles. The second kappa shape index (κ2) is 9.20. The zero-order chi connectivity index (χ0) is 19.1. The smallest absolute Gasteiger partial charge is 0.162 e. The Kier molecular flexibility index (Phi) is 6.98.